The predicted molar refractivity (Wildman–Crippen MR) is 66.3 cm³/mol. The first kappa shape index (κ1) is 10.7. The van der Waals surface area contributed by atoms with Crippen LogP contribution in [0.4, 0.5) is 5.00 Å². The van der Waals surface area contributed by atoms with Crippen LogP contribution in [0.15, 0.2) is 36.4 Å². The molecule has 0 radical (unpaired) electrons. The van der Waals surface area contributed by atoms with Gasteiger partial charge in [-0.25, -0.2) is 4.79 Å². The van der Waals surface area contributed by atoms with Gasteiger partial charge in [0.05, 0.1) is 5.56 Å². The maximum Gasteiger partial charge on any atom is 0.338 e. The molecule has 0 bridgehead atoms. The van der Waals surface area contributed by atoms with Crippen molar-refractivity contribution in [1.29, 1.82) is 0 Å². The fourth-order valence-electron chi connectivity index (χ4n) is 1.48. The molecule has 2 N–H and O–H groups in total. The molecule has 0 unspecified atom stereocenters. The number of thiophene rings is 1. The summed E-state index contributed by atoms with van der Waals surface area (Å²) in [6, 6.07) is 11.5. The summed E-state index contributed by atoms with van der Waals surface area (Å²) in [5.74, 6) is -0.900. The molecular weight excluding hydrogens is 222 g/mol. The highest BCUT2D eigenvalue weighted by Crippen LogP contribution is 2.34. The minimum Gasteiger partial charge on any atom is -0.478 e. The molecule has 0 atom stereocenters. The van der Waals surface area contributed by atoms with E-state index in [0.717, 1.165) is 10.4 Å². The monoisotopic (exact) mass is 233 g/mol. The fraction of sp³-hybridized carbons (Fsp3) is 0.0833. The third kappa shape index (κ3) is 1.92. The number of aromatic carboxylic acids is 1. The van der Waals surface area contributed by atoms with Crippen LogP contribution < -0.4 is 5.32 Å². The van der Waals surface area contributed by atoms with E-state index in [1.807, 2.05) is 30.3 Å². The molecule has 0 aliphatic rings. The molecule has 0 fully saturated rings. The van der Waals surface area contributed by atoms with Gasteiger partial charge >= 0.3 is 5.97 Å². The van der Waals surface area contributed by atoms with Crippen molar-refractivity contribution in [2.75, 3.05) is 12.4 Å². The number of anilines is 1. The lowest BCUT2D eigenvalue weighted by molar-refractivity contribution is 0.0698. The van der Waals surface area contributed by atoms with Gasteiger partial charge in [0.1, 0.15) is 5.00 Å². The Balaban J connectivity index is 2.48. The van der Waals surface area contributed by atoms with Crippen molar-refractivity contribution in [2.45, 2.75) is 0 Å². The van der Waals surface area contributed by atoms with Crippen LogP contribution in [0, 0.1) is 0 Å². The van der Waals surface area contributed by atoms with Crippen LogP contribution >= 0.6 is 11.3 Å². The number of carbonyl (C=O) groups is 1. The first-order chi connectivity index (χ1) is 7.72. The van der Waals surface area contributed by atoms with Crippen molar-refractivity contribution in [2.24, 2.45) is 0 Å². The molecule has 2 aromatic rings. The van der Waals surface area contributed by atoms with E-state index < -0.39 is 5.97 Å². The average Bonchev–Trinajstić information content (AvgIpc) is 2.74. The van der Waals surface area contributed by atoms with Crippen molar-refractivity contribution in [3.63, 3.8) is 0 Å². The van der Waals surface area contributed by atoms with Crippen LogP contribution in [-0.2, 0) is 0 Å². The lowest BCUT2D eigenvalue weighted by atomic mass is 10.1. The molecule has 1 heterocycles. The Morgan fingerprint density at radius 3 is 2.50 bits per heavy atom. The first-order valence-corrected chi connectivity index (χ1v) is 5.64. The quantitative estimate of drug-likeness (QED) is 0.856. The summed E-state index contributed by atoms with van der Waals surface area (Å²) in [4.78, 5) is 12.0. The highest BCUT2D eigenvalue weighted by atomic mass is 32.1. The highest BCUT2D eigenvalue weighted by molar-refractivity contribution is 7.19. The number of rotatable bonds is 3. The summed E-state index contributed by atoms with van der Waals surface area (Å²) in [6.45, 7) is 0. The van der Waals surface area contributed by atoms with Gasteiger partial charge in [-0.1, -0.05) is 30.3 Å². The second-order valence-electron chi connectivity index (χ2n) is 3.27. The summed E-state index contributed by atoms with van der Waals surface area (Å²) in [5.41, 5.74) is 1.36. The topological polar surface area (TPSA) is 49.3 Å². The van der Waals surface area contributed by atoms with E-state index in [2.05, 4.69) is 5.32 Å². The second-order valence-corrected chi connectivity index (χ2v) is 4.33. The summed E-state index contributed by atoms with van der Waals surface area (Å²) >= 11 is 1.45. The van der Waals surface area contributed by atoms with Crippen LogP contribution in [0.3, 0.4) is 0 Å². The van der Waals surface area contributed by atoms with Crippen molar-refractivity contribution in [1.82, 2.24) is 0 Å². The van der Waals surface area contributed by atoms with E-state index >= 15 is 0 Å². The van der Waals surface area contributed by atoms with E-state index in [1.165, 1.54) is 11.3 Å². The van der Waals surface area contributed by atoms with Crippen molar-refractivity contribution in [3.8, 4) is 10.4 Å². The van der Waals surface area contributed by atoms with Gasteiger partial charge in [-0.2, -0.15) is 0 Å². The molecule has 0 aliphatic carbocycles. The van der Waals surface area contributed by atoms with E-state index in [9.17, 15) is 4.79 Å². The smallest absolute Gasteiger partial charge is 0.338 e. The van der Waals surface area contributed by atoms with Crippen molar-refractivity contribution in [3.05, 3.63) is 42.0 Å². The van der Waals surface area contributed by atoms with Gasteiger partial charge in [0.25, 0.3) is 0 Å². The Hall–Kier alpha value is -1.81. The second kappa shape index (κ2) is 4.37. The standard InChI is InChI=1S/C12H11NO2S/c1-13-11-9(12(14)15)7-10(16-11)8-5-3-2-4-6-8/h2-7,13H,1H3,(H,14,15). The van der Waals surface area contributed by atoms with Gasteiger partial charge in [0.15, 0.2) is 0 Å². The van der Waals surface area contributed by atoms with Gasteiger partial charge in [0.2, 0.25) is 0 Å². The molecule has 0 saturated heterocycles. The average molecular weight is 233 g/mol. The van der Waals surface area contributed by atoms with E-state index in [4.69, 9.17) is 5.11 Å². The molecule has 3 nitrogen and oxygen atoms in total. The molecular formula is C12H11NO2S. The van der Waals surface area contributed by atoms with Crippen molar-refractivity contribution >= 4 is 22.3 Å². The zero-order valence-electron chi connectivity index (χ0n) is 8.73. The maximum atomic E-state index is 11.0. The number of hydrogen-bond acceptors (Lipinski definition) is 3. The van der Waals surface area contributed by atoms with Gasteiger partial charge in [0, 0.05) is 11.9 Å². The minimum atomic E-state index is -0.900. The molecule has 82 valence electrons. The van der Waals surface area contributed by atoms with Crippen LogP contribution in [0.2, 0.25) is 0 Å². The number of hydrogen-bond donors (Lipinski definition) is 2. The van der Waals surface area contributed by atoms with E-state index in [1.54, 1.807) is 13.1 Å². The number of benzene rings is 1. The predicted octanol–water partition coefficient (Wildman–Crippen LogP) is 3.16. The lowest BCUT2D eigenvalue weighted by Gasteiger charge is -1.95. The molecule has 2 rings (SSSR count). The third-order valence-corrected chi connectivity index (χ3v) is 3.45. The van der Waals surface area contributed by atoms with E-state index in [0.29, 0.717) is 10.6 Å². The van der Waals surface area contributed by atoms with Gasteiger partial charge in [-0.15, -0.1) is 11.3 Å². The summed E-state index contributed by atoms with van der Waals surface area (Å²) in [5, 5.41) is 12.6. The fourth-order valence-corrected chi connectivity index (χ4v) is 2.49. The van der Waals surface area contributed by atoms with Crippen LogP contribution in [-0.4, -0.2) is 18.1 Å². The normalized spacial score (nSPS) is 10.1. The van der Waals surface area contributed by atoms with E-state index in [-0.39, 0.29) is 0 Å². The number of carboxylic acid groups (broad SMARTS) is 1. The molecule has 0 saturated carbocycles. The largest absolute Gasteiger partial charge is 0.478 e. The Bertz CT molecular complexity index is 505. The summed E-state index contributed by atoms with van der Waals surface area (Å²) in [6.07, 6.45) is 0. The van der Waals surface area contributed by atoms with Gasteiger partial charge in [-0.05, 0) is 11.6 Å². The molecule has 1 aromatic heterocycles. The molecule has 0 spiro atoms. The van der Waals surface area contributed by atoms with Crippen LogP contribution in [0.25, 0.3) is 10.4 Å². The molecule has 0 amide bonds. The zero-order valence-corrected chi connectivity index (χ0v) is 9.54. The van der Waals surface area contributed by atoms with Crippen LogP contribution in [0.1, 0.15) is 10.4 Å². The Morgan fingerprint density at radius 1 is 1.31 bits per heavy atom. The molecule has 0 aliphatic heterocycles. The molecule has 16 heavy (non-hydrogen) atoms. The number of carboxylic acids is 1. The van der Waals surface area contributed by atoms with Gasteiger partial charge < -0.3 is 10.4 Å². The summed E-state index contributed by atoms with van der Waals surface area (Å²) < 4.78 is 0. The van der Waals surface area contributed by atoms with Crippen molar-refractivity contribution < 1.29 is 9.90 Å². The van der Waals surface area contributed by atoms with Gasteiger partial charge in [-0.3, -0.25) is 0 Å². The Labute approximate surface area is 97.4 Å². The maximum absolute atomic E-state index is 11.0. The Morgan fingerprint density at radius 2 is 2.00 bits per heavy atom. The molecule has 1 aromatic carbocycles. The first-order valence-electron chi connectivity index (χ1n) is 4.82. The Kier molecular flexibility index (Phi) is 2.92. The molecule has 4 heteroatoms. The third-order valence-electron chi connectivity index (χ3n) is 2.25. The lowest BCUT2D eigenvalue weighted by Crippen LogP contribution is -1.97. The SMILES string of the molecule is CNc1sc(-c2ccccc2)cc1C(=O)O. The number of nitrogens with one attached hydrogen (secondary N) is 1. The zero-order chi connectivity index (χ0) is 11.5. The summed E-state index contributed by atoms with van der Waals surface area (Å²) in [7, 11) is 1.73. The van der Waals surface area contributed by atoms with Crippen LogP contribution in [0.5, 0.6) is 0 Å². The minimum absolute atomic E-state index is 0.325. The highest BCUT2D eigenvalue weighted by Gasteiger charge is 2.14.